The summed E-state index contributed by atoms with van der Waals surface area (Å²) in [5.41, 5.74) is 3.10. The molecule has 0 atom stereocenters. The molecule has 1 saturated carbocycles. The minimum Gasteiger partial charge on any atom is -0.393 e. The van der Waals surface area contributed by atoms with Crippen LogP contribution in [0, 0.1) is 12.3 Å². The van der Waals surface area contributed by atoms with Gasteiger partial charge in [0.1, 0.15) is 0 Å². The molecule has 0 aromatic heterocycles. The van der Waals surface area contributed by atoms with Gasteiger partial charge in [-0.15, -0.1) is 0 Å². The molecule has 1 aliphatic carbocycles. The molecule has 18 heavy (non-hydrogen) atoms. The predicted octanol–water partition coefficient (Wildman–Crippen LogP) is 2.68. The summed E-state index contributed by atoms with van der Waals surface area (Å²) in [5.74, 6) is 0. The molecular formula is C16H25NO. The maximum absolute atomic E-state index is 9.70. The third kappa shape index (κ3) is 3.33. The minimum absolute atomic E-state index is 0.0764. The number of rotatable bonds is 4. The van der Waals surface area contributed by atoms with Crippen molar-refractivity contribution in [2.24, 2.45) is 5.41 Å². The molecule has 0 saturated heterocycles. The van der Waals surface area contributed by atoms with Crippen LogP contribution in [0.2, 0.25) is 0 Å². The summed E-state index contributed by atoms with van der Waals surface area (Å²) >= 11 is 0. The standard InChI is InChI=1S/C16H25NO/c1-13-4-3-5-14(10-13)11-16(12-17-2)8-6-15(18)7-9-16/h3-5,10,15,17-18H,6-9,11-12H2,1-2H3. The average Bonchev–Trinajstić information content (AvgIpc) is 2.34. The molecule has 2 heteroatoms. The summed E-state index contributed by atoms with van der Waals surface area (Å²) in [7, 11) is 2.03. The molecule has 2 nitrogen and oxygen atoms in total. The van der Waals surface area contributed by atoms with Crippen LogP contribution < -0.4 is 5.32 Å². The number of aliphatic hydroxyl groups is 1. The topological polar surface area (TPSA) is 32.3 Å². The summed E-state index contributed by atoms with van der Waals surface area (Å²) in [4.78, 5) is 0. The summed E-state index contributed by atoms with van der Waals surface area (Å²) in [6.07, 6.45) is 5.21. The lowest BCUT2D eigenvalue weighted by atomic mass is 9.69. The van der Waals surface area contributed by atoms with Gasteiger partial charge >= 0.3 is 0 Å². The molecule has 100 valence electrons. The highest BCUT2D eigenvalue weighted by atomic mass is 16.3. The second-order valence-electron chi connectivity index (χ2n) is 5.93. The van der Waals surface area contributed by atoms with Gasteiger partial charge in [-0.2, -0.15) is 0 Å². The van der Waals surface area contributed by atoms with Gasteiger partial charge in [-0.3, -0.25) is 0 Å². The third-order valence-electron chi connectivity index (χ3n) is 4.23. The predicted molar refractivity (Wildman–Crippen MR) is 75.7 cm³/mol. The molecule has 0 radical (unpaired) electrons. The van der Waals surface area contributed by atoms with Crippen molar-refractivity contribution in [1.82, 2.24) is 5.32 Å². The molecule has 2 N–H and O–H groups in total. The number of aryl methyl sites for hydroxylation is 1. The third-order valence-corrected chi connectivity index (χ3v) is 4.23. The summed E-state index contributed by atoms with van der Waals surface area (Å²) in [5, 5.41) is 13.0. The van der Waals surface area contributed by atoms with E-state index in [1.807, 2.05) is 7.05 Å². The van der Waals surface area contributed by atoms with Gasteiger partial charge in [-0.1, -0.05) is 29.8 Å². The van der Waals surface area contributed by atoms with Crippen molar-refractivity contribution in [2.75, 3.05) is 13.6 Å². The van der Waals surface area contributed by atoms with E-state index in [-0.39, 0.29) is 6.10 Å². The van der Waals surface area contributed by atoms with Gasteiger partial charge in [-0.05, 0) is 57.1 Å². The molecule has 1 aliphatic rings. The number of hydrogen-bond acceptors (Lipinski definition) is 2. The van der Waals surface area contributed by atoms with Crippen molar-refractivity contribution in [1.29, 1.82) is 0 Å². The SMILES string of the molecule is CNCC1(Cc2cccc(C)c2)CCC(O)CC1. The summed E-state index contributed by atoms with van der Waals surface area (Å²) < 4.78 is 0. The Balaban J connectivity index is 2.10. The van der Waals surface area contributed by atoms with Crippen LogP contribution in [0.3, 0.4) is 0 Å². The van der Waals surface area contributed by atoms with E-state index in [1.54, 1.807) is 0 Å². The molecule has 1 fully saturated rings. The van der Waals surface area contributed by atoms with Gasteiger partial charge < -0.3 is 10.4 Å². The molecule has 2 rings (SSSR count). The van der Waals surface area contributed by atoms with Crippen molar-refractivity contribution >= 4 is 0 Å². The van der Waals surface area contributed by atoms with E-state index in [0.29, 0.717) is 5.41 Å². The first-order valence-corrected chi connectivity index (χ1v) is 7.02. The highest BCUT2D eigenvalue weighted by molar-refractivity contribution is 5.23. The lowest BCUT2D eigenvalue weighted by Crippen LogP contribution is -2.39. The molecule has 0 amide bonds. The van der Waals surface area contributed by atoms with Crippen LogP contribution in [0.1, 0.15) is 36.8 Å². The van der Waals surface area contributed by atoms with Gasteiger partial charge in [-0.25, -0.2) is 0 Å². The number of aliphatic hydroxyl groups excluding tert-OH is 1. The molecule has 1 aromatic rings. The van der Waals surface area contributed by atoms with E-state index in [0.717, 1.165) is 38.6 Å². The Morgan fingerprint density at radius 2 is 2.06 bits per heavy atom. The van der Waals surface area contributed by atoms with Crippen LogP contribution in [0.25, 0.3) is 0 Å². The van der Waals surface area contributed by atoms with Gasteiger partial charge in [0.2, 0.25) is 0 Å². The highest BCUT2D eigenvalue weighted by Gasteiger charge is 2.34. The van der Waals surface area contributed by atoms with Crippen LogP contribution in [0.4, 0.5) is 0 Å². The highest BCUT2D eigenvalue weighted by Crippen LogP contribution is 2.39. The van der Waals surface area contributed by atoms with Crippen LogP contribution in [-0.4, -0.2) is 24.8 Å². The van der Waals surface area contributed by atoms with E-state index in [9.17, 15) is 5.11 Å². The Labute approximate surface area is 110 Å². The fourth-order valence-corrected chi connectivity index (χ4v) is 3.26. The number of nitrogens with one attached hydrogen (secondary N) is 1. The van der Waals surface area contributed by atoms with E-state index >= 15 is 0 Å². The molecule has 1 aromatic carbocycles. The van der Waals surface area contributed by atoms with Crippen molar-refractivity contribution in [3.8, 4) is 0 Å². The van der Waals surface area contributed by atoms with Gasteiger partial charge in [0.25, 0.3) is 0 Å². The maximum atomic E-state index is 9.70. The molecular weight excluding hydrogens is 222 g/mol. The van der Waals surface area contributed by atoms with E-state index in [1.165, 1.54) is 11.1 Å². The van der Waals surface area contributed by atoms with Gasteiger partial charge in [0, 0.05) is 6.54 Å². The summed E-state index contributed by atoms with van der Waals surface area (Å²) in [6.45, 7) is 3.20. The lowest BCUT2D eigenvalue weighted by Gasteiger charge is -2.39. The zero-order valence-corrected chi connectivity index (χ0v) is 11.6. The van der Waals surface area contributed by atoms with Crippen LogP contribution >= 0.6 is 0 Å². The fraction of sp³-hybridized carbons (Fsp3) is 0.625. The molecule has 0 bridgehead atoms. The molecule has 0 unspecified atom stereocenters. The quantitative estimate of drug-likeness (QED) is 0.857. The van der Waals surface area contributed by atoms with Gasteiger partial charge in [0.05, 0.1) is 6.10 Å². The Bertz CT molecular complexity index is 380. The summed E-state index contributed by atoms with van der Waals surface area (Å²) in [6, 6.07) is 8.83. The Morgan fingerprint density at radius 3 is 2.67 bits per heavy atom. The minimum atomic E-state index is -0.0764. The monoisotopic (exact) mass is 247 g/mol. The zero-order chi connectivity index (χ0) is 13.0. The zero-order valence-electron chi connectivity index (χ0n) is 11.6. The maximum Gasteiger partial charge on any atom is 0.0540 e. The van der Waals surface area contributed by atoms with Crippen LogP contribution in [0.5, 0.6) is 0 Å². The lowest BCUT2D eigenvalue weighted by molar-refractivity contribution is 0.0628. The van der Waals surface area contributed by atoms with Crippen LogP contribution in [-0.2, 0) is 6.42 Å². The smallest absolute Gasteiger partial charge is 0.0540 e. The Morgan fingerprint density at radius 1 is 1.33 bits per heavy atom. The van der Waals surface area contributed by atoms with Crippen molar-refractivity contribution in [3.63, 3.8) is 0 Å². The van der Waals surface area contributed by atoms with E-state index in [2.05, 4.69) is 36.5 Å². The van der Waals surface area contributed by atoms with E-state index in [4.69, 9.17) is 0 Å². The molecule has 0 aliphatic heterocycles. The second kappa shape index (κ2) is 5.85. The number of hydrogen-bond donors (Lipinski definition) is 2. The Hall–Kier alpha value is -0.860. The second-order valence-corrected chi connectivity index (χ2v) is 5.93. The van der Waals surface area contributed by atoms with Crippen molar-refractivity contribution < 1.29 is 5.11 Å². The number of benzene rings is 1. The van der Waals surface area contributed by atoms with Crippen molar-refractivity contribution in [3.05, 3.63) is 35.4 Å². The normalized spacial score (nSPS) is 28.3. The first-order chi connectivity index (χ1) is 8.63. The van der Waals surface area contributed by atoms with Crippen molar-refractivity contribution in [2.45, 2.75) is 45.1 Å². The van der Waals surface area contributed by atoms with Crippen LogP contribution in [0.15, 0.2) is 24.3 Å². The fourth-order valence-electron chi connectivity index (χ4n) is 3.26. The van der Waals surface area contributed by atoms with E-state index < -0.39 is 0 Å². The average molecular weight is 247 g/mol. The first kappa shape index (κ1) is 13.6. The first-order valence-electron chi connectivity index (χ1n) is 7.02. The Kier molecular flexibility index (Phi) is 4.41. The largest absolute Gasteiger partial charge is 0.393 e. The molecule has 0 spiro atoms. The van der Waals surface area contributed by atoms with Gasteiger partial charge in [0.15, 0.2) is 0 Å². The molecule has 0 heterocycles.